The van der Waals surface area contributed by atoms with Crippen molar-refractivity contribution in [2.75, 3.05) is 13.2 Å². The topological polar surface area (TPSA) is 162 Å². The summed E-state index contributed by atoms with van der Waals surface area (Å²) in [5.41, 5.74) is 4.61. The van der Waals surface area contributed by atoms with E-state index in [1.165, 1.54) is 24.3 Å². The highest BCUT2D eigenvalue weighted by atomic mass is 32.2. The number of primary amides is 1. The molecule has 36 heavy (non-hydrogen) atoms. The molecule has 1 saturated carbocycles. The molecule has 13 heteroatoms. The van der Waals surface area contributed by atoms with Gasteiger partial charge in [0, 0.05) is 12.6 Å². The number of amides is 2. The Kier molecular flexibility index (Phi) is 7.86. The SMILES string of the molecule is C=CCON([C@H]1CN(C(=O)OC(C)(C)C)[C@@H](C(N)=O)C=C1C1CC1)S(=O)(=O)c1ccccc1[N+](=O)[O-]. The molecule has 1 aromatic carbocycles. The lowest BCUT2D eigenvalue weighted by Crippen LogP contribution is -2.58. The average Bonchev–Trinajstić information content (AvgIpc) is 3.63. The second-order valence-corrected chi connectivity index (χ2v) is 11.3. The van der Waals surface area contributed by atoms with E-state index >= 15 is 0 Å². The smallest absolute Gasteiger partial charge is 0.411 e. The van der Waals surface area contributed by atoms with Crippen LogP contribution in [-0.2, 0) is 24.4 Å². The fourth-order valence-electron chi connectivity index (χ4n) is 3.92. The first-order valence-electron chi connectivity index (χ1n) is 11.3. The first-order chi connectivity index (χ1) is 16.8. The first kappa shape index (κ1) is 27.3. The van der Waals surface area contributed by atoms with Gasteiger partial charge in [-0.25, -0.2) is 13.2 Å². The van der Waals surface area contributed by atoms with E-state index in [1.807, 2.05) is 0 Å². The Labute approximate surface area is 209 Å². The molecule has 1 aliphatic heterocycles. The van der Waals surface area contributed by atoms with Gasteiger partial charge < -0.3 is 10.5 Å². The Morgan fingerprint density at radius 1 is 1.31 bits per heavy atom. The predicted octanol–water partition coefficient (Wildman–Crippen LogP) is 2.51. The van der Waals surface area contributed by atoms with Gasteiger partial charge >= 0.3 is 6.09 Å². The van der Waals surface area contributed by atoms with Crippen LogP contribution in [0.25, 0.3) is 0 Å². The lowest BCUT2D eigenvalue weighted by atomic mass is 9.94. The number of rotatable bonds is 9. The van der Waals surface area contributed by atoms with Crippen molar-refractivity contribution in [2.45, 2.75) is 56.2 Å². The molecule has 2 N–H and O–H groups in total. The third-order valence-electron chi connectivity index (χ3n) is 5.56. The highest BCUT2D eigenvalue weighted by Gasteiger charge is 2.48. The summed E-state index contributed by atoms with van der Waals surface area (Å²) in [6, 6.07) is 2.64. The molecule has 3 rings (SSSR count). The Morgan fingerprint density at radius 3 is 2.47 bits per heavy atom. The van der Waals surface area contributed by atoms with Gasteiger partial charge in [-0.05, 0) is 51.2 Å². The number of nitro groups is 1. The van der Waals surface area contributed by atoms with Gasteiger partial charge in [0.25, 0.3) is 15.7 Å². The molecule has 2 amide bonds. The monoisotopic (exact) mass is 522 g/mol. The van der Waals surface area contributed by atoms with E-state index in [-0.39, 0.29) is 19.1 Å². The molecule has 12 nitrogen and oxygen atoms in total. The van der Waals surface area contributed by atoms with Crippen LogP contribution in [0.5, 0.6) is 0 Å². The lowest BCUT2D eigenvalue weighted by molar-refractivity contribution is -0.388. The summed E-state index contributed by atoms with van der Waals surface area (Å²) >= 11 is 0. The summed E-state index contributed by atoms with van der Waals surface area (Å²) in [7, 11) is -4.62. The van der Waals surface area contributed by atoms with Gasteiger partial charge in [0.15, 0.2) is 4.90 Å². The largest absolute Gasteiger partial charge is 0.444 e. The van der Waals surface area contributed by atoms with Crippen molar-refractivity contribution in [3.05, 3.63) is 58.7 Å². The second kappa shape index (κ2) is 10.4. The van der Waals surface area contributed by atoms with Gasteiger partial charge in [0.2, 0.25) is 5.91 Å². The minimum atomic E-state index is -4.62. The summed E-state index contributed by atoms with van der Waals surface area (Å²) in [6.07, 6.45) is 3.40. The van der Waals surface area contributed by atoms with E-state index in [4.69, 9.17) is 15.3 Å². The van der Waals surface area contributed by atoms with Crippen LogP contribution in [0.15, 0.2) is 53.5 Å². The van der Waals surface area contributed by atoms with Crippen molar-refractivity contribution in [3.63, 3.8) is 0 Å². The van der Waals surface area contributed by atoms with E-state index in [1.54, 1.807) is 20.8 Å². The maximum atomic E-state index is 13.8. The number of hydrogen-bond donors (Lipinski definition) is 1. The number of carbonyl (C=O) groups excluding carboxylic acids is 2. The molecule has 2 aliphatic rings. The number of nitro benzene ring substituents is 1. The average molecular weight is 523 g/mol. The number of carbonyl (C=O) groups is 2. The Bertz CT molecular complexity index is 1190. The highest BCUT2D eigenvalue weighted by Crippen LogP contribution is 2.43. The van der Waals surface area contributed by atoms with Crippen molar-refractivity contribution in [1.29, 1.82) is 0 Å². The molecule has 1 aliphatic carbocycles. The van der Waals surface area contributed by atoms with Gasteiger partial charge in [0.1, 0.15) is 11.6 Å². The van der Waals surface area contributed by atoms with Crippen LogP contribution in [0.1, 0.15) is 33.6 Å². The fourth-order valence-corrected chi connectivity index (χ4v) is 5.50. The fraction of sp³-hybridized carbons (Fsp3) is 0.478. The molecule has 0 spiro atoms. The Balaban J connectivity index is 2.14. The number of hydroxylamine groups is 1. The number of benzene rings is 1. The van der Waals surface area contributed by atoms with Crippen LogP contribution in [0.3, 0.4) is 0 Å². The van der Waals surface area contributed by atoms with Crippen LogP contribution >= 0.6 is 0 Å². The molecule has 1 fully saturated rings. The molecule has 0 unspecified atom stereocenters. The van der Waals surface area contributed by atoms with E-state index in [9.17, 15) is 28.1 Å². The molecule has 0 aromatic heterocycles. The molecule has 0 bridgehead atoms. The lowest BCUT2D eigenvalue weighted by Gasteiger charge is -2.41. The zero-order chi connectivity index (χ0) is 26.8. The van der Waals surface area contributed by atoms with Gasteiger partial charge in [-0.2, -0.15) is 0 Å². The summed E-state index contributed by atoms with van der Waals surface area (Å²) in [5, 5.41) is 11.6. The zero-order valence-corrected chi connectivity index (χ0v) is 21.1. The summed E-state index contributed by atoms with van der Waals surface area (Å²) in [5.74, 6) is -0.869. The van der Waals surface area contributed by atoms with E-state index in [0.29, 0.717) is 10.0 Å². The molecule has 0 saturated heterocycles. The van der Waals surface area contributed by atoms with Crippen LogP contribution in [0.4, 0.5) is 10.5 Å². The number of sulfonamides is 1. The number of nitrogens with zero attached hydrogens (tertiary/aromatic N) is 3. The van der Waals surface area contributed by atoms with Gasteiger partial charge in [-0.1, -0.05) is 28.8 Å². The third-order valence-corrected chi connectivity index (χ3v) is 7.29. The maximum absolute atomic E-state index is 13.8. The van der Waals surface area contributed by atoms with Crippen molar-refractivity contribution >= 4 is 27.7 Å². The molecular weight excluding hydrogens is 492 g/mol. The maximum Gasteiger partial charge on any atom is 0.411 e. The van der Waals surface area contributed by atoms with Gasteiger partial charge in [-0.15, -0.1) is 6.58 Å². The molecule has 196 valence electrons. The second-order valence-electron chi connectivity index (χ2n) is 9.51. The van der Waals surface area contributed by atoms with Crippen LogP contribution in [0.2, 0.25) is 0 Å². The summed E-state index contributed by atoms with van der Waals surface area (Å²) < 4.78 is 33.7. The van der Waals surface area contributed by atoms with Crippen molar-refractivity contribution in [1.82, 2.24) is 9.37 Å². The minimum Gasteiger partial charge on any atom is -0.444 e. The standard InChI is InChI=1S/C23H30N4O8S/c1-5-12-34-27(36(32,33)20-9-7-6-8-17(20)26(30)31)19-14-25(22(29)35-23(2,3)4)18(21(24)28)13-16(19)15-10-11-15/h5-9,13,15,18-19H,1,10-12,14H2,2-4H3,(H2,24,28)/t18-,19+/m1/s1. The molecular formula is C23H30N4O8S. The van der Waals surface area contributed by atoms with Crippen molar-refractivity contribution in [3.8, 4) is 0 Å². The number of para-hydroxylation sites is 1. The number of nitrogens with two attached hydrogens (primary N) is 1. The van der Waals surface area contributed by atoms with E-state index in [2.05, 4.69) is 6.58 Å². The number of ether oxygens (including phenoxy) is 1. The summed E-state index contributed by atoms with van der Waals surface area (Å²) in [6.45, 7) is 7.94. The van der Waals surface area contributed by atoms with Crippen LogP contribution in [-0.4, -0.2) is 65.5 Å². The normalized spacial score (nSPS) is 20.6. The first-order valence-corrected chi connectivity index (χ1v) is 12.7. The zero-order valence-electron chi connectivity index (χ0n) is 20.3. The third kappa shape index (κ3) is 5.91. The molecule has 2 atom stereocenters. The van der Waals surface area contributed by atoms with Gasteiger partial charge in [0.05, 0.1) is 17.6 Å². The Hall–Kier alpha value is -3.29. The Morgan fingerprint density at radius 2 is 1.94 bits per heavy atom. The van der Waals surface area contributed by atoms with Crippen molar-refractivity contribution in [2.24, 2.45) is 11.7 Å². The molecule has 1 aromatic rings. The van der Waals surface area contributed by atoms with E-state index in [0.717, 1.165) is 29.9 Å². The van der Waals surface area contributed by atoms with Crippen LogP contribution in [0, 0.1) is 16.0 Å². The molecule has 0 radical (unpaired) electrons. The van der Waals surface area contributed by atoms with Crippen LogP contribution < -0.4 is 5.73 Å². The highest BCUT2D eigenvalue weighted by molar-refractivity contribution is 7.89. The quantitative estimate of drug-likeness (QED) is 0.294. The number of hydrogen-bond acceptors (Lipinski definition) is 8. The van der Waals surface area contributed by atoms with Gasteiger partial charge in [-0.3, -0.25) is 24.6 Å². The van der Waals surface area contributed by atoms with E-state index < -0.39 is 55.2 Å². The molecule has 1 heterocycles. The minimum absolute atomic E-state index is 0.0616. The van der Waals surface area contributed by atoms with Crippen molar-refractivity contribution < 1.29 is 32.5 Å². The summed E-state index contributed by atoms with van der Waals surface area (Å²) in [4.78, 5) is 42.2. The predicted molar refractivity (Wildman–Crippen MR) is 129 cm³/mol.